The second-order valence-corrected chi connectivity index (χ2v) is 7.65. The molecule has 0 saturated heterocycles. The predicted octanol–water partition coefficient (Wildman–Crippen LogP) is 4.15. The first kappa shape index (κ1) is 20.4. The smallest absolute Gasteiger partial charge is 0.266 e. The van der Waals surface area contributed by atoms with Crippen molar-refractivity contribution in [2.75, 3.05) is 5.32 Å². The number of amides is 1. The molecule has 2 rings (SSSR count). The van der Waals surface area contributed by atoms with Gasteiger partial charge in [-0.15, -0.1) is 0 Å². The minimum absolute atomic E-state index is 0.0478. The van der Waals surface area contributed by atoms with Crippen LogP contribution in [-0.4, -0.2) is 20.4 Å². The van der Waals surface area contributed by atoms with E-state index in [0.717, 1.165) is 29.9 Å². The summed E-state index contributed by atoms with van der Waals surface area (Å²) >= 11 is 0. The van der Waals surface area contributed by atoms with E-state index in [4.69, 9.17) is 0 Å². The van der Waals surface area contributed by atoms with Crippen molar-refractivity contribution < 1.29 is 4.79 Å². The van der Waals surface area contributed by atoms with Crippen LogP contribution in [0.15, 0.2) is 24.0 Å². The van der Waals surface area contributed by atoms with E-state index in [1.165, 1.54) is 0 Å². The topological polar surface area (TPSA) is 83.6 Å². The monoisotopic (exact) mass is 365 g/mol. The maximum atomic E-state index is 12.5. The molecule has 0 bridgehead atoms. The van der Waals surface area contributed by atoms with Crippen molar-refractivity contribution in [2.45, 2.75) is 59.9 Å². The van der Waals surface area contributed by atoms with Gasteiger partial charge < -0.3 is 9.88 Å². The lowest BCUT2D eigenvalue weighted by molar-refractivity contribution is -0.112. The van der Waals surface area contributed by atoms with Gasteiger partial charge in [-0.25, -0.2) is 9.97 Å². The summed E-state index contributed by atoms with van der Waals surface area (Å²) < 4.78 is 2.19. The largest absolute Gasteiger partial charge is 0.349 e. The number of anilines is 1. The van der Waals surface area contributed by atoms with Gasteiger partial charge in [-0.1, -0.05) is 27.7 Å². The molecule has 1 N–H and O–H groups in total. The van der Waals surface area contributed by atoms with Crippen LogP contribution >= 0.6 is 0 Å². The van der Waals surface area contributed by atoms with Crippen LogP contribution in [0.5, 0.6) is 0 Å². The first-order chi connectivity index (χ1) is 12.7. The molecule has 0 unspecified atom stereocenters. The molecular weight excluding hydrogens is 338 g/mol. The number of carbonyl (C=O) groups is 1. The van der Waals surface area contributed by atoms with E-state index in [1.807, 2.05) is 46.8 Å². The van der Waals surface area contributed by atoms with Crippen molar-refractivity contribution in [3.05, 3.63) is 46.8 Å². The molecule has 2 aromatic rings. The van der Waals surface area contributed by atoms with Crippen LogP contribution < -0.4 is 5.32 Å². The van der Waals surface area contributed by atoms with Crippen molar-refractivity contribution in [2.24, 2.45) is 0 Å². The number of hydrogen-bond acceptors (Lipinski definition) is 4. The predicted molar refractivity (Wildman–Crippen MR) is 107 cm³/mol. The van der Waals surface area contributed by atoms with Crippen LogP contribution in [0.1, 0.15) is 56.9 Å². The molecule has 0 saturated carbocycles. The van der Waals surface area contributed by atoms with Gasteiger partial charge in [0, 0.05) is 23.3 Å². The van der Waals surface area contributed by atoms with Gasteiger partial charge in [0.25, 0.3) is 5.91 Å². The van der Waals surface area contributed by atoms with Gasteiger partial charge in [-0.2, -0.15) is 5.26 Å². The van der Waals surface area contributed by atoms with E-state index in [2.05, 4.69) is 26.8 Å². The summed E-state index contributed by atoms with van der Waals surface area (Å²) in [6.45, 7) is 13.1. The summed E-state index contributed by atoms with van der Waals surface area (Å²) in [6, 6.07) is 3.99. The Morgan fingerprint density at radius 3 is 2.44 bits per heavy atom. The van der Waals surface area contributed by atoms with E-state index in [9.17, 15) is 10.1 Å². The second kappa shape index (κ2) is 8.17. The minimum atomic E-state index is -0.468. The molecule has 6 nitrogen and oxygen atoms in total. The molecule has 6 heteroatoms. The van der Waals surface area contributed by atoms with E-state index < -0.39 is 5.91 Å². The number of rotatable bonds is 5. The second-order valence-electron chi connectivity index (χ2n) is 7.65. The van der Waals surface area contributed by atoms with Crippen molar-refractivity contribution in [1.82, 2.24) is 14.5 Å². The number of carbonyl (C=O) groups excluding carboxylic acids is 1. The molecule has 0 aliphatic rings. The van der Waals surface area contributed by atoms with Gasteiger partial charge in [0.15, 0.2) is 0 Å². The highest BCUT2D eigenvalue weighted by molar-refractivity contribution is 6.09. The molecule has 0 atom stereocenters. The zero-order valence-electron chi connectivity index (χ0n) is 16.9. The molecule has 0 aromatic carbocycles. The summed E-state index contributed by atoms with van der Waals surface area (Å²) in [5.74, 6) is 0.227. The maximum absolute atomic E-state index is 12.5. The highest BCUT2D eigenvalue weighted by atomic mass is 16.1. The molecule has 142 valence electrons. The first-order valence-corrected chi connectivity index (χ1v) is 9.09. The van der Waals surface area contributed by atoms with Crippen molar-refractivity contribution in [3.8, 4) is 6.07 Å². The van der Waals surface area contributed by atoms with E-state index in [0.29, 0.717) is 11.5 Å². The average Bonchev–Trinajstić information content (AvgIpc) is 2.87. The molecular formula is C21H27N5O. The average molecular weight is 365 g/mol. The standard InChI is InChI=1S/C21H27N5O/c1-7-8-26-14(2)9-16(15(26)3)10-17(11-22)19(27)25-18-12-23-20(24-13-18)21(4,5)6/h9-10,12-13H,7-8H2,1-6H3,(H,25,27)/b17-10+. The van der Waals surface area contributed by atoms with Gasteiger partial charge in [-0.05, 0) is 38.0 Å². The van der Waals surface area contributed by atoms with Crippen molar-refractivity contribution in [3.63, 3.8) is 0 Å². The number of nitriles is 1. The lowest BCUT2D eigenvalue weighted by atomic mass is 9.96. The molecule has 1 amide bonds. The number of aryl methyl sites for hydroxylation is 1. The molecule has 0 aliphatic carbocycles. The Labute approximate surface area is 161 Å². The van der Waals surface area contributed by atoms with Crippen LogP contribution in [0.25, 0.3) is 6.08 Å². The molecule has 0 fully saturated rings. The third-order valence-corrected chi connectivity index (χ3v) is 4.31. The fraction of sp³-hybridized carbons (Fsp3) is 0.429. The Kier molecular flexibility index (Phi) is 6.17. The Morgan fingerprint density at radius 2 is 1.93 bits per heavy atom. The Hall–Kier alpha value is -2.94. The summed E-state index contributed by atoms with van der Waals surface area (Å²) in [4.78, 5) is 21.1. The minimum Gasteiger partial charge on any atom is -0.349 e. The fourth-order valence-electron chi connectivity index (χ4n) is 2.82. The summed E-state index contributed by atoms with van der Waals surface area (Å²) in [5, 5.41) is 12.1. The molecule has 2 aromatic heterocycles. The van der Waals surface area contributed by atoms with Crippen molar-refractivity contribution >= 4 is 17.7 Å². The Morgan fingerprint density at radius 1 is 1.30 bits per heavy atom. The lowest BCUT2D eigenvalue weighted by Crippen LogP contribution is -2.18. The molecule has 0 aliphatic heterocycles. The lowest BCUT2D eigenvalue weighted by Gasteiger charge is -2.16. The Bertz CT molecular complexity index is 892. The fourth-order valence-corrected chi connectivity index (χ4v) is 2.82. The summed E-state index contributed by atoms with van der Waals surface area (Å²) in [6.07, 6.45) is 5.78. The number of nitrogens with zero attached hydrogens (tertiary/aromatic N) is 4. The number of aromatic nitrogens is 3. The number of nitrogens with one attached hydrogen (secondary N) is 1. The van der Waals surface area contributed by atoms with Gasteiger partial charge >= 0.3 is 0 Å². The third kappa shape index (κ3) is 4.82. The molecule has 0 radical (unpaired) electrons. The maximum Gasteiger partial charge on any atom is 0.266 e. The third-order valence-electron chi connectivity index (χ3n) is 4.31. The van der Waals surface area contributed by atoms with Crippen LogP contribution in [-0.2, 0) is 16.8 Å². The zero-order chi connectivity index (χ0) is 20.2. The number of hydrogen-bond donors (Lipinski definition) is 1. The molecule has 2 heterocycles. The summed E-state index contributed by atoms with van der Waals surface area (Å²) in [7, 11) is 0. The van der Waals surface area contributed by atoms with Crippen molar-refractivity contribution in [1.29, 1.82) is 5.26 Å². The summed E-state index contributed by atoms with van der Waals surface area (Å²) in [5.41, 5.74) is 3.39. The van der Waals surface area contributed by atoms with Crippen LogP contribution in [0, 0.1) is 25.2 Å². The van der Waals surface area contributed by atoms with Gasteiger partial charge in [-0.3, -0.25) is 4.79 Å². The first-order valence-electron chi connectivity index (χ1n) is 9.09. The van der Waals surface area contributed by atoms with Crippen LogP contribution in [0.3, 0.4) is 0 Å². The van der Waals surface area contributed by atoms with Gasteiger partial charge in [0.1, 0.15) is 17.5 Å². The van der Waals surface area contributed by atoms with Crippen LogP contribution in [0.2, 0.25) is 0 Å². The normalized spacial score (nSPS) is 12.0. The van der Waals surface area contributed by atoms with E-state index >= 15 is 0 Å². The molecule has 27 heavy (non-hydrogen) atoms. The van der Waals surface area contributed by atoms with Crippen LogP contribution in [0.4, 0.5) is 5.69 Å². The highest BCUT2D eigenvalue weighted by Gasteiger charge is 2.18. The zero-order valence-corrected chi connectivity index (χ0v) is 16.9. The Balaban J connectivity index is 2.23. The van der Waals surface area contributed by atoms with Gasteiger partial charge in [0.05, 0.1) is 18.1 Å². The van der Waals surface area contributed by atoms with E-state index in [1.54, 1.807) is 18.5 Å². The SMILES string of the molecule is CCCn1c(C)cc(/C=C(\C#N)C(=O)Nc2cnc(C(C)(C)C)nc2)c1C. The van der Waals surface area contributed by atoms with E-state index in [-0.39, 0.29) is 11.0 Å². The van der Waals surface area contributed by atoms with Gasteiger partial charge in [0.2, 0.25) is 0 Å². The quantitative estimate of drug-likeness (QED) is 0.637. The molecule has 0 spiro atoms. The highest BCUT2D eigenvalue weighted by Crippen LogP contribution is 2.20.